The molecule has 0 aromatic carbocycles. The minimum Gasteiger partial charge on any atom is -0.383 e. The second kappa shape index (κ2) is 7.04. The highest BCUT2D eigenvalue weighted by Crippen LogP contribution is 2.37. The number of nitrogens with one attached hydrogen (secondary N) is 2. The fraction of sp³-hybridized carbons (Fsp3) is 0.409. The van der Waals surface area contributed by atoms with Crippen molar-refractivity contribution in [3.05, 3.63) is 30.7 Å². The van der Waals surface area contributed by atoms with Crippen LogP contribution >= 0.6 is 0 Å². The molecule has 4 N–H and O–H groups in total. The van der Waals surface area contributed by atoms with Gasteiger partial charge in [0.1, 0.15) is 23.5 Å². The SMILES string of the molecule is Nc1ncnc2c1c(-c1cc3cccnc3[nH]1)nn2[C@H]1CC[C@H](NC(=O)C2CC2)CC1. The van der Waals surface area contributed by atoms with Gasteiger partial charge in [-0.3, -0.25) is 4.79 Å². The number of H-pyrrole nitrogens is 1. The molecule has 2 saturated carbocycles. The lowest BCUT2D eigenvalue weighted by Gasteiger charge is -2.29. The topological polar surface area (TPSA) is 127 Å². The van der Waals surface area contributed by atoms with Crippen LogP contribution in [0.1, 0.15) is 44.6 Å². The zero-order valence-electron chi connectivity index (χ0n) is 17.1. The first-order valence-electron chi connectivity index (χ1n) is 10.9. The summed E-state index contributed by atoms with van der Waals surface area (Å²) in [6.07, 6.45) is 9.08. The molecule has 4 aromatic heterocycles. The van der Waals surface area contributed by atoms with Gasteiger partial charge in [0.05, 0.1) is 17.1 Å². The average molecular weight is 416 g/mol. The van der Waals surface area contributed by atoms with Gasteiger partial charge in [-0.25, -0.2) is 19.6 Å². The van der Waals surface area contributed by atoms with Crippen LogP contribution in [0.2, 0.25) is 0 Å². The molecule has 6 rings (SSSR count). The normalized spacial score (nSPS) is 21.5. The number of pyridine rings is 1. The first-order chi connectivity index (χ1) is 15.2. The second-order valence-corrected chi connectivity index (χ2v) is 8.66. The van der Waals surface area contributed by atoms with Crippen molar-refractivity contribution in [2.75, 3.05) is 5.73 Å². The van der Waals surface area contributed by atoms with E-state index in [4.69, 9.17) is 10.8 Å². The van der Waals surface area contributed by atoms with Crippen LogP contribution in [0.3, 0.4) is 0 Å². The molecule has 4 heterocycles. The van der Waals surface area contributed by atoms with Crippen molar-refractivity contribution in [3.63, 3.8) is 0 Å². The van der Waals surface area contributed by atoms with E-state index in [9.17, 15) is 4.79 Å². The van der Waals surface area contributed by atoms with Gasteiger partial charge in [-0.15, -0.1) is 0 Å². The van der Waals surface area contributed by atoms with Crippen LogP contribution in [0.15, 0.2) is 30.7 Å². The minimum absolute atomic E-state index is 0.210. The van der Waals surface area contributed by atoms with E-state index < -0.39 is 0 Å². The lowest BCUT2D eigenvalue weighted by atomic mass is 9.91. The monoisotopic (exact) mass is 416 g/mol. The van der Waals surface area contributed by atoms with E-state index in [1.807, 2.05) is 22.9 Å². The smallest absolute Gasteiger partial charge is 0.223 e. The molecule has 9 heteroatoms. The van der Waals surface area contributed by atoms with Crippen molar-refractivity contribution in [1.82, 2.24) is 35.0 Å². The first-order valence-corrected chi connectivity index (χ1v) is 10.9. The van der Waals surface area contributed by atoms with Crippen LogP contribution in [0.5, 0.6) is 0 Å². The van der Waals surface area contributed by atoms with Gasteiger partial charge in [-0.05, 0) is 56.7 Å². The Bertz CT molecular complexity index is 1250. The van der Waals surface area contributed by atoms with Crippen molar-refractivity contribution < 1.29 is 4.79 Å². The van der Waals surface area contributed by atoms with E-state index in [1.54, 1.807) is 6.20 Å². The third kappa shape index (κ3) is 3.20. The van der Waals surface area contributed by atoms with Crippen molar-refractivity contribution >= 4 is 33.8 Å². The minimum atomic E-state index is 0.210. The Morgan fingerprint density at radius 2 is 1.97 bits per heavy atom. The van der Waals surface area contributed by atoms with Gasteiger partial charge in [-0.1, -0.05) is 0 Å². The molecule has 0 aliphatic heterocycles. The maximum atomic E-state index is 12.1. The lowest BCUT2D eigenvalue weighted by Crippen LogP contribution is -2.38. The Hall–Kier alpha value is -3.49. The van der Waals surface area contributed by atoms with Crippen molar-refractivity contribution in [2.24, 2.45) is 5.92 Å². The molecule has 0 atom stereocenters. The number of fused-ring (bicyclic) bond motifs is 2. The Labute approximate surface area is 178 Å². The summed E-state index contributed by atoms with van der Waals surface area (Å²) in [4.78, 5) is 28.6. The first kappa shape index (κ1) is 18.3. The highest BCUT2D eigenvalue weighted by molar-refractivity contribution is 5.99. The van der Waals surface area contributed by atoms with E-state index in [2.05, 4.69) is 25.3 Å². The lowest BCUT2D eigenvalue weighted by molar-refractivity contribution is -0.123. The Kier molecular flexibility index (Phi) is 4.15. The molecule has 158 valence electrons. The maximum Gasteiger partial charge on any atom is 0.223 e. The van der Waals surface area contributed by atoms with Gasteiger partial charge >= 0.3 is 0 Å². The average Bonchev–Trinajstić information content (AvgIpc) is 3.43. The number of nitrogens with zero attached hydrogens (tertiary/aromatic N) is 5. The van der Waals surface area contributed by atoms with Crippen molar-refractivity contribution in [2.45, 2.75) is 50.6 Å². The predicted octanol–water partition coefficient (Wildman–Crippen LogP) is 2.96. The number of hydrogen-bond acceptors (Lipinski definition) is 6. The number of nitrogens with two attached hydrogens (primary N) is 1. The Morgan fingerprint density at radius 1 is 1.13 bits per heavy atom. The summed E-state index contributed by atoms with van der Waals surface area (Å²) < 4.78 is 2.00. The summed E-state index contributed by atoms with van der Waals surface area (Å²) in [6, 6.07) is 6.42. The molecule has 0 bridgehead atoms. The molecule has 0 saturated heterocycles. The number of anilines is 1. The van der Waals surface area contributed by atoms with Crippen LogP contribution in [0.4, 0.5) is 5.82 Å². The van der Waals surface area contributed by atoms with Gasteiger partial charge in [0, 0.05) is 23.5 Å². The third-order valence-electron chi connectivity index (χ3n) is 6.50. The molecule has 4 aromatic rings. The maximum absolute atomic E-state index is 12.1. The van der Waals surface area contributed by atoms with E-state index in [1.165, 1.54) is 6.33 Å². The fourth-order valence-corrected chi connectivity index (χ4v) is 4.65. The summed E-state index contributed by atoms with van der Waals surface area (Å²) in [6.45, 7) is 0. The van der Waals surface area contributed by atoms with Crippen molar-refractivity contribution in [3.8, 4) is 11.4 Å². The highest BCUT2D eigenvalue weighted by Gasteiger charge is 2.33. The zero-order chi connectivity index (χ0) is 20.9. The van der Waals surface area contributed by atoms with Crippen molar-refractivity contribution in [1.29, 1.82) is 0 Å². The zero-order valence-corrected chi connectivity index (χ0v) is 17.1. The van der Waals surface area contributed by atoms with E-state index in [-0.39, 0.29) is 23.9 Å². The fourth-order valence-electron chi connectivity index (χ4n) is 4.65. The van der Waals surface area contributed by atoms with Crippen LogP contribution in [-0.4, -0.2) is 41.7 Å². The molecule has 9 nitrogen and oxygen atoms in total. The summed E-state index contributed by atoms with van der Waals surface area (Å²) in [7, 11) is 0. The number of carbonyl (C=O) groups is 1. The van der Waals surface area contributed by atoms with Gasteiger partial charge in [0.2, 0.25) is 5.91 Å². The molecule has 31 heavy (non-hydrogen) atoms. The number of aromatic amines is 1. The number of nitrogen functional groups attached to an aromatic ring is 1. The third-order valence-corrected chi connectivity index (χ3v) is 6.50. The Balaban J connectivity index is 1.33. The Morgan fingerprint density at radius 3 is 2.74 bits per heavy atom. The molecule has 0 radical (unpaired) electrons. The summed E-state index contributed by atoms with van der Waals surface area (Å²) in [5.74, 6) is 0.896. The molecule has 0 spiro atoms. The van der Waals surface area contributed by atoms with Gasteiger partial charge in [0.25, 0.3) is 0 Å². The molecule has 2 aliphatic rings. The van der Waals surface area contributed by atoms with E-state index >= 15 is 0 Å². The number of hydrogen-bond donors (Lipinski definition) is 3. The molecular weight excluding hydrogens is 392 g/mol. The number of amides is 1. The molecule has 2 fully saturated rings. The van der Waals surface area contributed by atoms with E-state index in [0.717, 1.165) is 72.0 Å². The largest absolute Gasteiger partial charge is 0.383 e. The van der Waals surface area contributed by atoms with Gasteiger partial charge in [0.15, 0.2) is 5.65 Å². The number of carbonyl (C=O) groups excluding carboxylic acids is 1. The second-order valence-electron chi connectivity index (χ2n) is 8.66. The van der Waals surface area contributed by atoms with Gasteiger partial charge in [-0.2, -0.15) is 5.10 Å². The molecule has 0 unspecified atom stereocenters. The summed E-state index contributed by atoms with van der Waals surface area (Å²) in [5.41, 5.74) is 9.42. The number of rotatable bonds is 4. The van der Waals surface area contributed by atoms with E-state index in [0.29, 0.717) is 5.82 Å². The van der Waals surface area contributed by atoms with Crippen LogP contribution < -0.4 is 11.1 Å². The van der Waals surface area contributed by atoms with Crippen LogP contribution in [0, 0.1) is 5.92 Å². The molecular formula is C22H24N8O. The summed E-state index contributed by atoms with van der Waals surface area (Å²) in [5, 5.41) is 9.95. The van der Waals surface area contributed by atoms with Crippen LogP contribution in [-0.2, 0) is 4.79 Å². The van der Waals surface area contributed by atoms with Gasteiger partial charge < -0.3 is 16.0 Å². The quantitative estimate of drug-likeness (QED) is 0.469. The molecule has 2 aliphatic carbocycles. The van der Waals surface area contributed by atoms with Crippen LogP contribution in [0.25, 0.3) is 33.5 Å². The predicted molar refractivity (Wildman–Crippen MR) is 117 cm³/mol. The highest BCUT2D eigenvalue weighted by atomic mass is 16.2. The summed E-state index contributed by atoms with van der Waals surface area (Å²) >= 11 is 0. The number of aromatic nitrogens is 6. The standard InChI is InChI=1S/C22H24N8O/c23-19-17-18(16-10-13-2-1-9-24-20(13)28-16)29-30(21(17)26-11-25-19)15-7-5-14(6-8-15)27-22(31)12-3-4-12/h1-2,9-12,14-15H,3-8H2,(H,24,28)(H,27,31)(H2,23,25,26)/t14-,15-. The molecule has 1 amide bonds.